The minimum atomic E-state index is -3.88. The van der Waals surface area contributed by atoms with E-state index < -0.39 is 22.0 Å². The van der Waals surface area contributed by atoms with E-state index >= 15 is 0 Å². The summed E-state index contributed by atoms with van der Waals surface area (Å²) in [6.07, 6.45) is 0.211. The van der Waals surface area contributed by atoms with Crippen LogP contribution in [0.2, 0.25) is 5.02 Å². The van der Waals surface area contributed by atoms with Crippen molar-refractivity contribution in [3.05, 3.63) is 92.5 Å². The molecule has 0 saturated carbocycles. The van der Waals surface area contributed by atoms with E-state index in [9.17, 15) is 13.2 Å². The molecule has 30 heavy (non-hydrogen) atoms. The summed E-state index contributed by atoms with van der Waals surface area (Å²) in [5.74, 6) is -0.449. The number of aryl methyl sites for hydroxylation is 1. The van der Waals surface area contributed by atoms with Gasteiger partial charge in [-0.1, -0.05) is 41.9 Å². The van der Waals surface area contributed by atoms with Gasteiger partial charge in [-0.3, -0.25) is 4.79 Å². The van der Waals surface area contributed by atoms with Crippen molar-refractivity contribution < 1.29 is 13.2 Å². The van der Waals surface area contributed by atoms with E-state index in [1.165, 1.54) is 12.1 Å². The van der Waals surface area contributed by atoms with Crippen molar-refractivity contribution in [2.24, 2.45) is 0 Å². The number of anilines is 1. The molecule has 3 aromatic rings. The fourth-order valence-electron chi connectivity index (χ4n) is 2.86. The molecular weight excluding hydrogens is 535 g/mol. The van der Waals surface area contributed by atoms with Crippen LogP contribution < -0.4 is 10.0 Å². The SMILES string of the molecule is Cc1cc(NC(=O)[C@H](Cc2ccccc2)NS(=O)(=O)c2ccc(I)cc2)ccc1Cl. The van der Waals surface area contributed by atoms with E-state index in [2.05, 4.69) is 32.6 Å². The molecule has 1 amide bonds. The van der Waals surface area contributed by atoms with Crippen LogP contribution in [0.25, 0.3) is 0 Å². The number of halogens is 2. The van der Waals surface area contributed by atoms with Crippen molar-refractivity contribution in [2.45, 2.75) is 24.3 Å². The highest BCUT2D eigenvalue weighted by Gasteiger charge is 2.26. The maximum Gasteiger partial charge on any atom is 0.242 e. The van der Waals surface area contributed by atoms with Gasteiger partial charge in [0.1, 0.15) is 6.04 Å². The first kappa shape index (κ1) is 22.7. The highest BCUT2D eigenvalue weighted by Crippen LogP contribution is 2.20. The molecule has 2 N–H and O–H groups in total. The second-order valence-electron chi connectivity index (χ2n) is 6.77. The fraction of sp³-hybridized carbons (Fsp3) is 0.136. The molecule has 1 atom stereocenters. The number of hydrogen-bond donors (Lipinski definition) is 2. The summed E-state index contributed by atoms with van der Waals surface area (Å²) in [7, 11) is -3.88. The summed E-state index contributed by atoms with van der Waals surface area (Å²) < 4.78 is 29.3. The van der Waals surface area contributed by atoms with Crippen LogP contribution in [0, 0.1) is 10.5 Å². The van der Waals surface area contributed by atoms with Gasteiger partial charge in [-0.2, -0.15) is 4.72 Å². The zero-order valence-corrected chi connectivity index (χ0v) is 19.8. The Morgan fingerprint density at radius 2 is 1.70 bits per heavy atom. The Morgan fingerprint density at radius 3 is 2.33 bits per heavy atom. The van der Waals surface area contributed by atoms with Gasteiger partial charge < -0.3 is 5.32 Å². The third-order valence-corrected chi connectivity index (χ3v) is 7.08. The lowest BCUT2D eigenvalue weighted by molar-refractivity contribution is -0.117. The third-order valence-electron chi connectivity index (χ3n) is 4.45. The maximum absolute atomic E-state index is 13.0. The molecule has 0 heterocycles. The van der Waals surface area contributed by atoms with Gasteiger partial charge in [0.2, 0.25) is 15.9 Å². The Kier molecular flexibility index (Phi) is 7.51. The summed E-state index contributed by atoms with van der Waals surface area (Å²) in [5, 5.41) is 3.38. The first-order valence-corrected chi connectivity index (χ1v) is 12.1. The van der Waals surface area contributed by atoms with Crippen LogP contribution in [0.15, 0.2) is 77.7 Å². The van der Waals surface area contributed by atoms with Gasteiger partial charge in [0.15, 0.2) is 0 Å². The number of rotatable bonds is 7. The standard InChI is InChI=1S/C22H20ClIN2O3S/c1-15-13-18(9-12-20(15)23)25-22(27)21(14-16-5-3-2-4-6-16)26-30(28,29)19-10-7-17(24)8-11-19/h2-13,21,26H,14H2,1H3,(H,25,27)/t21-/m0/s1. The van der Waals surface area contributed by atoms with E-state index in [1.54, 1.807) is 30.3 Å². The van der Waals surface area contributed by atoms with Crippen molar-refractivity contribution in [1.82, 2.24) is 4.72 Å². The zero-order valence-electron chi connectivity index (χ0n) is 16.1. The van der Waals surface area contributed by atoms with E-state index in [4.69, 9.17) is 11.6 Å². The molecule has 8 heteroatoms. The van der Waals surface area contributed by atoms with Crippen molar-refractivity contribution in [3.63, 3.8) is 0 Å². The van der Waals surface area contributed by atoms with E-state index in [-0.39, 0.29) is 11.3 Å². The number of carbonyl (C=O) groups is 1. The van der Waals surface area contributed by atoms with E-state index in [0.29, 0.717) is 10.7 Å². The molecule has 0 radical (unpaired) electrons. The summed E-state index contributed by atoms with van der Waals surface area (Å²) in [6.45, 7) is 1.83. The van der Waals surface area contributed by atoms with Crippen molar-refractivity contribution in [1.29, 1.82) is 0 Å². The summed E-state index contributed by atoms with van der Waals surface area (Å²) >= 11 is 8.15. The lowest BCUT2D eigenvalue weighted by Crippen LogP contribution is -2.45. The molecule has 0 spiro atoms. The predicted molar refractivity (Wildman–Crippen MR) is 128 cm³/mol. The normalized spacial score (nSPS) is 12.4. The van der Waals surface area contributed by atoms with Crippen LogP contribution in [0.3, 0.4) is 0 Å². The molecule has 0 saturated heterocycles. The molecule has 0 aromatic heterocycles. The van der Waals surface area contributed by atoms with Crippen molar-refractivity contribution >= 4 is 55.8 Å². The molecule has 0 aliphatic rings. The van der Waals surface area contributed by atoms with Crippen LogP contribution in [0.1, 0.15) is 11.1 Å². The van der Waals surface area contributed by atoms with Crippen LogP contribution in [-0.4, -0.2) is 20.4 Å². The van der Waals surface area contributed by atoms with Gasteiger partial charge in [0.05, 0.1) is 4.90 Å². The third kappa shape index (κ3) is 6.04. The Balaban J connectivity index is 1.86. The highest BCUT2D eigenvalue weighted by molar-refractivity contribution is 14.1. The number of nitrogens with one attached hydrogen (secondary N) is 2. The number of hydrogen-bond acceptors (Lipinski definition) is 3. The molecule has 0 bridgehead atoms. The van der Waals surface area contributed by atoms with Crippen LogP contribution >= 0.6 is 34.2 Å². The molecular formula is C22H20ClIN2O3S. The van der Waals surface area contributed by atoms with E-state index in [0.717, 1.165) is 14.7 Å². The minimum Gasteiger partial charge on any atom is -0.325 e. The first-order valence-electron chi connectivity index (χ1n) is 9.13. The second-order valence-corrected chi connectivity index (χ2v) is 10.1. The molecule has 0 aliphatic heterocycles. The van der Waals surface area contributed by atoms with Gasteiger partial charge in [-0.25, -0.2) is 8.42 Å². The Hall–Kier alpha value is -1.94. The van der Waals surface area contributed by atoms with Crippen LogP contribution in [0.5, 0.6) is 0 Å². The van der Waals surface area contributed by atoms with E-state index in [1.807, 2.05) is 37.3 Å². The Bertz CT molecular complexity index is 1140. The molecule has 5 nitrogen and oxygen atoms in total. The first-order chi connectivity index (χ1) is 14.2. The Labute approximate surface area is 195 Å². The number of amides is 1. The smallest absolute Gasteiger partial charge is 0.242 e. The van der Waals surface area contributed by atoms with Crippen LogP contribution in [-0.2, 0) is 21.2 Å². The zero-order chi connectivity index (χ0) is 21.7. The number of carbonyl (C=O) groups excluding carboxylic acids is 1. The number of sulfonamides is 1. The maximum atomic E-state index is 13.0. The highest BCUT2D eigenvalue weighted by atomic mass is 127. The topological polar surface area (TPSA) is 75.3 Å². The van der Waals surface area contributed by atoms with Gasteiger partial charge in [0.25, 0.3) is 0 Å². The monoisotopic (exact) mass is 554 g/mol. The van der Waals surface area contributed by atoms with Crippen molar-refractivity contribution in [3.8, 4) is 0 Å². The second kappa shape index (κ2) is 9.91. The van der Waals surface area contributed by atoms with Crippen molar-refractivity contribution in [2.75, 3.05) is 5.32 Å². The molecule has 3 aromatic carbocycles. The fourth-order valence-corrected chi connectivity index (χ4v) is 4.53. The summed E-state index contributed by atoms with van der Waals surface area (Å²) in [5.41, 5.74) is 2.21. The quantitative estimate of drug-likeness (QED) is 0.413. The molecule has 0 fully saturated rings. The average molecular weight is 555 g/mol. The van der Waals surface area contributed by atoms with Gasteiger partial charge in [-0.15, -0.1) is 0 Å². The van der Waals surface area contributed by atoms with Gasteiger partial charge in [-0.05, 0) is 89.5 Å². The summed E-state index contributed by atoms with van der Waals surface area (Å²) in [4.78, 5) is 13.1. The molecule has 156 valence electrons. The van der Waals surface area contributed by atoms with Gasteiger partial charge >= 0.3 is 0 Å². The molecule has 0 aliphatic carbocycles. The largest absolute Gasteiger partial charge is 0.325 e. The van der Waals surface area contributed by atoms with Gasteiger partial charge in [0, 0.05) is 14.3 Å². The summed E-state index contributed by atoms with van der Waals surface area (Å²) in [6, 6.07) is 19.8. The molecule has 0 unspecified atom stereocenters. The predicted octanol–water partition coefficient (Wildman–Crippen LogP) is 4.78. The molecule has 3 rings (SSSR count). The van der Waals surface area contributed by atoms with Crippen LogP contribution in [0.4, 0.5) is 5.69 Å². The number of benzene rings is 3. The minimum absolute atomic E-state index is 0.108. The lowest BCUT2D eigenvalue weighted by atomic mass is 10.1. The lowest BCUT2D eigenvalue weighted by Gasteiger charge is -2.19. The Morgan fingerprint density at radius 1 is 1.03 bits per heavy atom. The average Bonchev–Trinajstić information content (AvgIpc) is 2.71.